The molecule has 1 aromatic carbocycles. The number of hydrazine groups is 1. The second-order valence-electron chi connectivity index (χ2n) is 3.86. The van der Waals surface area contributed by atoms with Crippen LogP contribution in [0.3, 0.4) is 0 Å². The molecule has 0 aliphatic heterocycles. The van der Waals surface area contributed by atoms with Gasteiger partial charge in [-0.25, -0.2) is 5.01 Å². The van der Waals surface area contributed by atoms with Gasteiger partial charge in [-0.3, -0.25) is 5.84 Å². The van der Waals surface area contributed by atoms with Crippen molar-refractivity contribution in [2.75, 3.05) is 6.54 Å². The van der Waals surface area contributed by atoms with Crippen molar-refractivity contribution in [1.82, 2.24) is 5.01 Å². The highest BCUT2D eigenvalue weighted by molar-refractivity contribution is 5.14. The van der Waals surface area contributed by atoms with Crippen LogP contribution in [0.2, 0.25) is 0 Å². The summed E-state index contributed by atoms with van der Waals surface area (Å²) in [6, 6.07) is 10.4. The molecule has 13 heavy (non-hydrogen) atoms. The summed E-state index contributed by atoms with van der Waals surface area (Å²) in [5, 5.41) is 1.92. The molecule has 0 heterocycles. The van der Waals surface area contributed by atoms with Crippen molar-refractivity contribution in [2.24, 2.45) is 11.8 Å². The first-order valence-corrected chi connectivity index (χ1v) is 4.88. The maximum atomic E-state index is 5.88. The van der Waals surface area contributed by atoms with Gasteiger partial charge in [0, 0.05) is 13.1 Å². The zero-order chi connectivity index (χ0) is 9.10. The monoisotopic (exact) mass is 176 g/mol. The molecule has 2 heteroatoms. The lowest BCUT2D eigenvalue weighted by Gasteiger charge is -2.15. The van der Waals surface area contributed by atoms with Crippen molar-refractivity contribution in [3.05, 3.63) is 35.9 Å². The number of nitrogens with zero attached hydrogens (tertiary/aromatic N) is 1. The van der Waals surface area contributed by atoms with Crippen LogP contribution in [0.4, 0.5) is 0 Å². The first-order chi connectivity index (χ1) is 6.34. The molecule has 0 unspecified atom stereocenters. The van der Waals surface area contributed by atoms with Gasteiger partial charge >= 0.3 is 0 Å². The fraction of sp³-hybridized carbons (Fsp3) is 0.455. The molecule has 1 aliphatic rings. The van der Waals surface area contributed by atoms with Gasteiger partial charge in [0.05, 0.1) is 0 Å². The minimum absolute atomic E-state index is 0.869. The largest absolute Gasteiger partial charge is 0.268 e. The van der Waals surface area contributed by atoms with E-state index in [-0.39, 0.29) is 0 Å². The second-order valence-corrected chi connectivity index (χ2v) is 3.86. The van der Waals surface area contributed by atoms with Crippen molar-refractivity contribution in [1.29, 1.82) is 0 Å². The Morgan fingerprint density at radius 1 is 1.23 bits per heavy atom. The van der Waals surface area contributed by atoms with Crippen molar-refractivity contribution in [3.63, 3.8) is 0 Å². The van der Waals surface area contributed by atoms with Crippen LogP contribution in [-0.2, 0) is 6.54 Å². The minimum Gasteiger partial charge on any atom is -0.268 e. The summed E-state index contributed by atoms with van der Waals surface area (Å²) in [4.78, 5) is 0. The van der Waals surface area contributed by atoms with Crippen molar-refractivity contribution in [2.45, 2.75) is 19.4 Å². The molecule has 0 atom stereocenters. The molecule has 70 valence electrons. The molecule has 0 bridgehead atoms. The normalized spacial score (nSPS) is 16.5. The van der Waals surface area contributed by atoms with Crippen molar-refractivity contribution >= 4 is 0 Å². The van der Waals surface area contributed by atoms with Crippen LogP contribution in [0.25, 0.3) is 0 Å². The highest BCUT2D eigenvalue weighted by Gasteiger charge is 2.22. The molecule has 2 rings (SSSR count). The predicted molar refractivity (Wildman–Crippen MR) is 53.8 cm³/mol. The Morgan fingerprint density at radius 3 is 2.54 bits per heavy atom. The predicted octanol–water partition coefficient (Wildman–Crippen LogP) is 1.77. The topological polar surface area (TPSA) is 29.3 Å². The minimum atomic E-state index is 0.869. The van der Waals surface area contributed by atoms with Gasteiger partial charge in [-0.1, -0.05) is 30.3 Å². The van der Waals surface area contributed by atoms with Gasteiger partial charge in [0.25, 0.3) is 0 Å². The Labute approximate surface area is 79.3 Å². The van der Waals surface area contributed by atoms with E-state index < -0.39 is 0 Å². The van der Waals surface area contributed by atoms with Crippen LogP contribution in [-0.4, -0.2) is 11.6 Å². The Hall–Kier alpha value is -0.860. The smallest absolute Gasteiger partial charge is 0.0379 e. The quantitative estimate of drug-likeness (QED) is 0.559. The molecule has 1 saturated carbocycles. The summed E-state index contributed by atoms with van der Waals surface area (Å²) in [6.07, 6.45) is 2.73. The molecule has 1 fully saturated rings. The summed E-state index contributed by atoms with van der Waals surface area (Å²) in [5.74, 6) is 6.75. The third kappa shape index (κ3) is 2.83. The summed E-state index contributed by atoms with van der Waals surface area (Å²) in [6.45, 7) is 1.92. The molecule has 1 aliphatic carbocycles. The van der Waals surface area contributed by atoms with Gasteiger partial charge < -0.3 is 0 Å². The van der Waals surface area contributed by atoms with E-state index in [1.54, 1.807) is 0 Å². The van der Waals surface area contributed by atoms with E-state index >= 15 is 0 Å². The fourth-order valence-electron chi connectivity index (χ4n) is 1.51. The van der Waals surface area contributed by atoms with Crippen LogP contribution >= 0.6 is 0 Å². The van der Waals surface area contributed by atoms with Gasteiger partial charge in [-0.15, -0.1) is 0 Å². The SMILES string of the molecule is NN(Cc1ccccc1)CC1CC1. The summed E-state index contributed by atoms with van der Waals surface area (Å²) >= 11 is 0. The standard InChI is InChI=1S/C11H16N2/c12-13(9-11-6-7-11)8-10-4-2-1-3-5-10/h1-5,11H,6-9,12H2. The number of hydrogen-bond acceptors (Lipinski definition) is 2. The summed E-state index contributed by atoms with van der Waals surface area (Å²) in [7, 11) is 0. The molecule has 1 aromatic rings. The molecule has 0 aromatic heterocycles. The Morgan fingerprint density at radius 2 is 1.92 bits per heavy atom. The zero-order valence-corrected chi connectivity index (χ0v) is 7.82. The van der Waals surface area contributed by atoms with E-state index in [0.717, 1.165) is 19.0 Å². The van der Waals surface area contributed by atoms with Crippen LogP contribution in [0.5, 0.6) is 0 Å². The van der Waals surface area contributed by atoms with Crippen molar-refractivity contribution < 1.29 is 0 Å². The molecular weight excluding hydrogens is 160 g/mol. The summed E-state index contributed by atoms with van der Waals surface area (Å²) < 4.78 is 0. The lowest BCUT2D eigenvalue weighted by molar-refractivity contribution is 0.263. The van der Waals surface area contributed by atoms with E-state index in [1.165, 1.54) is 18.4 Å². The molecule has 2 N–H and O–H groups in total. The van der Waals surface area contributed by atoms with E-state index in [0.29, 0.717) is 0 Å². The Kier molecular flexibility index (Phi) is 2.62. The Bertz CT molecular complexity index is 254. The van der Waals surface area contributed by atoms with Gasteiger partial charge in [-0.2, -0.15) is 0 Å². The van der Waals surface area contributed by atoms with Crippen LogP contribution < -0.4 is 5.84 Å². The van der Waals surface area contributed by atoms with Crippen LogP contribution in [0.15, 0.2) is 30.3 Å². The average molecular weight is 176 g/mol. The fourth-order valence-corrected chi connectivity index (χ4v) is 1.51. The van der Waals surface area contributed by atoms with Gasteiger partial charge in [0.15, 0.2) is 0 Å². The van der Waals surface area contributed by atoms with E-state index in [2.05, 4.69) is 24.3 Å². The van der Waals surface area contributed by atoms with E-state index in [1.807, 2.05) is 11.1 Å². The lowest BCUT2D eigenvalue weighted by Crippen LogP contribution is -2.32. The number of benzene rings is 1. The first kappa shape index (κ1) is 8.73. The molecule has 0 radical (unpaired) electrons. The van der Waals surface area contributed by atoms with E-state index in [9.17, 15) is 0 Å². The van der Waals surface area contributed by atoms with Gasteiger partial charge in [0.2, 0.25) is 0 Å². The number of nitrogens with two attached hydrogens (primary N) is 1. The molecule has 0 spiro atoms. The molecule has 0 amide bonds. The average Bonchev–Trinajstić information content (AvgIpc) is 2.90. The third-order valence-corrected chi connectivity index (χ3v) is 2.42. The highest BCUT2D eigenvalue weighted by Crippen LogP contribution is 2.29. The lowest BCUT2D eigenvalue weighted by atomic mass is 10.2. The molecular formula is C11H16N2. The first-order valence-electron chi connectivity index (χ1n) is 4.88. The third-order valence-electron chi connectivity index (χ3n) is 2.42. The Balaban J connectivity index is 1.82. The molecule has 0 saturated heterocycles. The molecule has 2 nitrogen and oxygen atoms in total. The van der Waals surface area contributed by atoms with E-state index in [4.69, 9.17) is 5.84 Å². The van der Waals surface area contributed by atoms with Crippen LogP contribution in [0, 0.1) is 5.92 Å². The van der Waals surface area contributed by atoms with Gasteiger partial charge in [0.1, 0.15) is 0 Å². The number of rotatable bonds is 4. The van der Waals surface area contributed by atoms with Gasteiger partial charge in [-0.05, 0) is 24.3 Å². The van der Waals surface area contributed by atoms with Crippen LogP contribution in [0.1, 0.15) is 18.4 Å². The maximum Gasteiger partial charge on any atom is 0.0379 e. The maximum absolute atomic E-state index is 5.88. The summed E-state index contributed by atoms with van der Waals surface area (Å²) in [5.41, 5.74) is 1.30. The van der Waals surface area contributed by atoms with Crippen molar-refractivity contribution in [3.8, 4) is 0 Å². The zero-order valence-electron chi connectivity index (χ0n) is 7.82. The highest BCUT2D eigenvalue weighted by atomic mass is 15.4. The number of hydrogen-bond donors (Lipinski definition) is 1. The second kappa shape index (κ2) is 3.90.